The average Bonchev–Trinajstić information content (AvgIpc) is 2.46. The lowest BCUT2D eigenvalue weighted by molar-refractivity contribution is 0.0262. The molecular formula is C16H27N3O3. The van der Waals surface area contributed by atoms with Gasteiger partial charge in [-0.2, -0.15) is 0 Å². The maximum Gasteiger partial charge on any atom is 0.410 e. The summed E-state index contributed by atoms with van der Waals surface area (Å²) in [5.41, 5.74) is 0.605. The van der Waals surface area contributed by atoms with Crippen molar-refractivity contribution < 1.29 is 14.3 Å². The quantitative estimate of drug-likeness (QED) is 0.784. The number of likely N-dealkylation sites (N-methyl/N-ethyl adjacent to an activating group) is 1. The van der Waals surface area contributed by atoms with Gasteiger partial charge in [0.25, 0.3) is 0 Å². The number of ether oxygens (including phenoxy) is 2. The number of methoxy groups -OCH3 is 1. The SMILES string of the molecule is CCN(CCNCc1ccc(OC)nc1)C(=O)OC(C)(C)C. The highest BCUT2D eigenvalue weighted by molar-refractivity contribution is 5.68. The first-order chi connectivity index (χ1) is 10.4. The largest absolute Gasteiger partial charge is 0.481 e. The molecule has 0 saturated carbocycles. The third-order valence-corrected chi connectivity index (χ3v) is 2.93. The summed E-state index contributed by atoms with van der Waals surface area (Å²) in [4.78, 5) is 17.8. The standard InChI is InChI=1S/C16H27N3O3/c1-6-19(15(20)22-16(2,3)4)10-9-17-11-13-7-8-14(21-5)18-12-13/h7-8,12,17H,6,9-11H2,1-5H3. The summed E-state index contributed by atoms with van der Waals surface area (Å²) in [6, 6.07) is 3.79. The van der Waals surface area contributed by atoms with Crippen LogP contribution in [-0.2, 0) is 11.3 Å². The smallest absolute Gasteiger partial charge is 0.410 e. The minimum Gasteiger partial charge on any atom is -0.481 e. The number of carbonyl (C=O) groups is 1. The zero-order valence-electron chi connectivity index (χ0n) is 14.2. The van der Waals surface area contributed by atoms with Crippen molar-refractivity contribution >= 4 is 6.09 Å². The van der Waals surface area contributed by atoms with Gasteiger partial charge in [-0.1, -0.05) is 6.07 Å². The first-order valence-corrected chi connectivity index (χ1v) is 7.53. The molecule has 1 N–H and O–H groups in total. The molecule has 0 aliphatic heterocycles. The number of hydrogen-bond acceptors (Lipinski definition) is 5. The second-order valence-corrected chi connectivity index (χ2v) is 5.95. The third kappa shape index (κ3) is 6.76. The molecule has 0 bridgehead atoms. The van der Waals surface area contributed by atoms with Gasteiger partial charge in [0.1, 0.15) is 5.60 Å². The Kier molecular flexibility index (Phi) is 7.11. The number of pyridine rings is 1. The van der Waals surface area contributed by atoms with Gasteiger partial charge in [0.15, 0.2) is 0 Å². The van der Waals surface area contributed by atoms with Crippen molar-refractivity contribution in [2.75, 3.05) is 26.7 Å². The Labute approximate surface area is 132 Å². The van der Waals surface area contributed by atoms with Crippen LogP contribution in [0.1, 0.15) is 33.3 Å². The fraction of sp³-hybridized carbons (Fsp3) is 0.625. The number of hydrogen-bond donors (Lipinski definition) is 1. The van der Waals surface area contributed by atoms with E-state index >= 15 is 0 Å². The molecule has 6 nitrogen and oxygen atoms in total. The molecule has 22 heavy (non-hydrogen) atoms. The number of rotatable bonds is 7. The van der Waals surface area contributed by atoms with Crippen LogP contribution in [0.5, 0.6) is 5.88 Å². The van der Waals surface area contributed by atoms with E-state index in [1.54, 1.807) is 18.2 Å². The van der Waals surface area contributed by atoms with Crippen LogP contribution in [0.3, 0.4) is 0 Å². The molecule has 6 heteroatoms. The molecule has 1 aromatic heterocycles. The van der Waals surface area contributed by atoms with Crippen molar-refractivity contribution in [2.45, 2.75) is 39.8 Å². The van der Waals surface area contributed by atoms with Crippen molar-refractivity contribution in [3.63, 3.8) is 0 Å². The van der Waals surface area contributed by atoms with Gasteiger partial charge in [-0.25, -0.2) is 9.78 Å². The van der Waals surface area contributed by atoms with E-state index in [0.29, 0.717) is 32.1 Å². The molecule has 0 spiro atoms. The maximum absolute atomic E-state index is 12.0. The summed E-state index contributed by atoms with van der Waals surface area (Å²) in [6.07, 6.45) is 1.50. The van der Waals surface area contributed by atoms with Crippen molar-refractivity contribution in [3.05, 3.63) is 23.9 Å². The lowest BCUT2D eigenvalue weighted by atomic mass is 10.2. The monoisotopic (exact) mass is 309 g/mol. The number of nitrogens with zero attached hydrogens (tertiary/aromatic N) is 2. The van der Waals surface area contributed by atoms with Gasteiger partial charge in [0.2, 0.25) is 5.88 Å². The Balaban J connectivity index is 2.33. The van der Waals surface area contributed by atoms with E-state index in [2.05, 4.69) is 10.3 Å². The van der Waals surface area contributed by atoms with E-state index in [0.717, 1.165) is 5.56 Å². The maximum atomic E-state index is 12.0. The molecule has 1 heterocycles. The second-order valence-electron chi connectivity index (χ2n) is 5.95. The van der Waals surface area contributed by atoms with E-state index < -0.39 is 5.60 Å². The number of amides is 1. The van der Waals surface area contributed by atoms with Crippen molar-refractivity contribution in [3.8, 4) is 5.88 Å². The van der Waals surface area contributed by atoms with Crippen molar-refractivity contribution in [2.24, 2.45) is 0 Å². The Morgan fingerprint density at radius 1 is 1.36 bits per heavy atom. The zero-order valence-corrected chi connectivity index (χ0v) is 14.2. The highest BCUT2D eigenvalue weighted by Gasteiger charge is 2.20. The number of aromatic nitrogens is 1. The minimum absolute atomic E-state index is 0.275. The molecule has 0 aromatic carbocycles. The molecule has 0 aliphatic carbocycles. The summed E-state index contributed by atoms with van der Waals surface area (Å²) in [6.45, 7) is 10.2. The molecule has 1 amide bonds. The molecule has 0 unspecified atom stereocenters. The van der Waals surface area contributed by atoms with Crippen molar-refractivity contribution in [1.29, 1.82) is 0 Å². The lowest BCUT2D eigenvalue weighted by Crippen LogP contribution is -2.40. The van der Waals surface area contributed by atoms with E-state index in [1.807, 2.05) is 39.8 Å². The number of nitrogens with one attached hydrogen (secondary N) is 1. The van der Waals surface area contributed by atoms with E-state index in [1.165, 1.54) is 0 Å². The molecular weight excluding hydrogens is 282 g/mol. The van der Waals surface area contributed by atoms with Crippen LogP contribution in [0, 0.1) is 0 Å². The van der Waals surface area contributed by atoms with Gasteiger partial charge in [-0.3, -0.25) is 0 Å². The summed E-state index contributed by atoms with van der Waals surface area (Å²) in [5.74, 6) is 0.603. The van der Waals surface area contributed by atoms with Gasteiger partial charge in [0.05, 0.1) is 7.11 Å². The average molecular weight is 309 g/mol. The fourth-order valence-corrected chi connectivity index (χ4v) is 1.79. The first kappa shape index (κ1) is 18.2. The van der Waals surface area contributed by atoms with Gasteiger partial charge in [-0.15, -0.1) is 0 Å². The Hall–Kier alpha value is -1.82. The Bertz CT molecular complexity index is 455. The Morgan fingerprint density at radius 3 is 2.59 bits per heavy atom. The second kappa shape index (κ2) is 8.58. The van der Waals surface area contributed by atoms with Crippen molar-refractivity contribution in [1.82, 2.24) is 15.2 Å². The normalized spacial score (nSPS) is 11.1. The molecule has 0 atom stereocenters. The van der Waals surface area contributed by atoms with Crippen LogP contribution in [0.15, 0.2) is 18.3 Å². The van der Waals surface area contributed by atoms with E-state index in [-0.39, 0.29) is 6.09 Å². The van der Waals surface area contributed by atoms with Crippen LogP contribution in [-0.4, -0.2) is 48.3 Å². The number of carbonyl (C=O) groups excluding carboxylic acids is 1. The van der Waals surface area contributed by atoms with Gasteiger partial charge in [-0.05, 0) is 33.3 Å². The predicted molar refractivity (Wildman–Crippen MR) is 86.0 cm³/mol. The third-order valence-electron chi connectivity index (χ3n) is 2.93. The van der Waals surface area contributed by atoms with Crippen LogP contribution >= 0.6 is 0 Å². The van der Waals surface area contributed by atoms with Crippen LogP contribution in [0.4, 0.5) is 4.79 Å². The molecule has 1 aromatic rings. The van der Waals surface area contributed by atoms with Gasteiger partial charge >= 0.3 is 6.09 Å². The van der Waals surface area contributed by atoms with Crippen LogP contribution < -0.4 is 10.1 Å². The predicted octanol–water partition coefficient (Wildman–Crippen LogP) is 2.44. The minimum atomic E-state index is -0.466. The van der Waals surface area contributed by atoms with E-state index in [9.17, 15) is 4.79 Å². The summed E-state index contributed by atoms with van der Waals surface area (Å²) < 4.78 is 10.4. The molecule has 1 rings (SSSR count). The Morgan fingerprint density at radius 2 is 2.09 bits per heavy atom. The van der Waals surface area contributed by atoms with E-state index in [4.69, 9.17) is 9.47 Å². The topological polar surface area (TPSA) is 63.7 Å². The summed E-state index contributed by atoms with van der Waals surface area (Å²) >= 11 is 0. The molecule has 0 aliphatic rings. The molecule has 0 fully saturated rings. The highest BCUT2D eigenvalue weighted by atomic mass is 16.6. The highest BCUT2D eigenvalue weighted by Crippen LogP contribution is 2.09. The lowest BCUT2D eigenvalue weighted by Gasteiger charge is -2.26. The fourth-order valence-electron chi connectivity index (χ4n) is 1.79. The first-order valence-electron chi connectivity index (χ1n) is 7.53. The summed E-state index contributed by atoms with van der Waals surface area (Å²) in [5, 5.41) is 3.29. The summed E-state index contributed by atoms with van der Waals surface area (Å²) in [7, 11) is 1.59. The molecule has 0 saturated heterocycles. The molecule has 124 valence electrons. The van der Waals surface area contributed by atoms with Gasteiger partial charge in [0, 0.05) is 38.4 Å². The zero-order chi connectivity index (χ0) is 16.6. The van der Waals surface area contributed by atoms with Gasteiger partial charge < -0.3 is 19.7 Å². The van der Waals surface area contributed by atoms with Crippen LogP contribution in [0.2, 0.25) is 0 Å². The molecule has 0 radical (unpaired) electrons. The van der Waals surface area contributed by atoms with Crippen LogP contribution in [0.25, 0.3) is 0 Å².